The van der Waals surface area contributed by atoms with E-state index in [-0.39, 0.29) is 17.5 Å². The van der Waals surface area contributed by atoms with Gasteiger partial charge in [-0.05, 0) is 24.3 Å². The largest absolute Gasteiger partial charge is 0.349 e. The lowest BCUT2D eigenvalue weighted by molar-refractivity contribution is 0.0939. The highest BCUT2D eigenvalue weighted by molar-refractivity contribution is 9.10. The SMILES string of the molecule is CC(C)C(=O)c1ccn(Cc2cc(Br)ccc2F)c1. The van der Waals surface area contributed by atoms with Crippen molar-refractivity contribution in [2.24, 2.45) is 5.92 Å². The molecule has 0 radical (unpaired) electrons. The molecule has 2 aromatic rings. The molecule has 0 saturated heterocycles. The number of carbonyl (C=O) groups is 1. The number of nitrogens with zero attached hydrogens (tertiary/aromatic N) is 1. The fourth-order valence-corrected chi connectivity index (χ4v) is 2.29. The first-order valence-corrected chi connectivity index (χ1v) is 6.90. The van der Waals surface area contributed by atoms with Gasteiger partial charge in [0, 0.05) is 40.5 Å². The van der Waals surface area contributed by atoms with E-state index in [2.05, 4.69) is 15.9 Å². The molecular formula is C15H15BrFNO. The Morgan fingerprint density at radius 3 is 2.79 bits per heavy atom. The summed E-state index contributed by atoms with van der Waals surface area (Å²) in [6, 6.07) is 6.63. The summed E-state index contributed by atoms with van der Waals surface area (Å²) >= 11 is 3.33. The molecule has 100 valence electrons. The van der Waals surface area contributed by atoms with Crippen LogP contribution >= 0.6 is 15.9 Å². The van der Waals surface area contributed by atoms with Gasteiger partial charge in [0.2, 0.25) is 0 Å². The minimum atomic E-state index is -0.242. The van der Waals surface area contributed by atoms with Gasteiger partial charge in [0.05, 0.1) is 0 Å². The van der Waals surface area contributed by atoms with Crippen LogP contribution in [0.3, 0.4) is 0 Å². The summed E-state index contributed by atoms with van der Waals surface area (Å²) in [5.74, 6) is -0.166. The molecule has 19 heavy (non-hydrogen) atoms. The molecule has 0 N–H and O–H groups in total. The fourth-order valence-electron chi connectivity index (χ4n) is 1.88. The van der Waals surface area contributed by atoms with Crippen LogP contribution in [0.4, 0.5) is 4.39 Å². The number of hydrogen-bond donors (Lipinski definition) is 0. The van der Waals surface area contributed by atoms with E-state index in [4.69, 9.17) is 0 Å². The molecule has 0 amide bonds. The van der Waals surface area contributed by atoms with Gasteiger partial charge in [0.15, 0.2) is 5.78 Å². The van der Waals surface area contributed by atoms with Gasteiger partial charge in [-0.25, -0.2) is 4.39 Å². The maximum atomic E-state index is 13.6. The Kier molecular flexibility index (Phi) is 4.20. The van der Waals surface area contributed by atoms with Crippen molar-refractivity contribution in [2.45, 2.75) is 20.4 Å². The third-order valence-corrected chi connectivity index (χ3v) is 3.41. The number of Topliss-reactive ketones (excluding diaryl/α,β-unsaturated/α-hetero) is 1. The molecule has 0 fully saturated rings. The molecule has 1 aromatic heterocycles. The zero-order valence-corrected chi connectivity index (χ0v) is 12.4. The van der Waals surface area contributed by atoms with Crippen molar-refractivity contribution < 1.29 is 9.18 Å². The Labute approximate surface area is 120 Å². The Balaban J connectivity index is 2.20. The highest BCUT2D eigenvalue weighted by atomic mass is 79.9. The second kappa shape index (κ2) is 5.70. The lowest BCUT2D eigenvalue weighted by Crippen LogP contribution is -2.06. The molecule has 0 unspecified atom stereocenters. The number of carbonyl (C=O) groups excluding carboxylic acids is 1. The number of halogens is 2. The highest BCUT2D eigenvalue weighted by Crippen LogP contribution is 2.17. The molecule has 0 bridgehead atoms. The zero-order valence-electron chi connectivity index (χ0n) is 10.9. The summed E-state index contributed by atoms with van der Waals surface area (Å²) in [4.78, 5) is 11.8. The van der Waals surface area contributed by atoms with Crippen molar-refractivity contribution in [1.82, 2.24) is 4.57 Å². The van der Waals surface area contributed by atoms with Gasteiger partial charge < -0.3 is 4.57 Å². The van der Waals surface area contributed by atoms with Crippen LogP contribution in [0.1, 0.15) is 29.8 Å². The average Bonchev–Trinajstić information content (AvgIpc) is 2.81. The van der Waals surface area contributed by atoms with Gasteiger partial charge in [0.25, 0.3) is 0 Å². The second-order valence-corrected chi connectivity index (χ2v) is 5.74. The van der Waals surface area contributed by atoms with E-state index in [1.807, 2.05) is 18.4 Å². The van der Waals surface area contributed by atoms with Crippen molar-refractivity contribution >= 4 is 21.7 Å². The van der Waals surface area contributed by atoms with Crippen LogP contribution in [0.2, 0.25) is 0 Å². The van der Waals surface area contributed by atoms with Crippen LogP contribution < -0.4 is 0 Å². The predicted octanol–water partition coefficient (Wildman–Crippen LogP) is 4.28. The van der Waals surface area contributed by atoms with E-state index in [1.165, 1.54) is 6.07 Å². The molecule has 2 rings (SSSR count). The standard InChI is InChI=1S/C15H15BrFNO/c1-10(2)15(19)11-5-6-18(8-11)9-12-7-13(16)3-4-14(12)17/h3-8,10H,9H2,1-2H3. The average molecular weight is 324 g/mol. The highest BCUT2D eigenvalue weighted by Gasteiger charge is 2.12. The van der Waals surface area contributed by atoms with E-state index < -0.39 is 0 Å². The van der Waals surface area contributed by atoms with Gasteiger partial charge in [0.1, 0.15) is 5.82 Å². The third kappa shape index (κ3) is 3.32. The van der Waals surface area contributed by atoms with Crippen LogP contribution in [0.25, 0.3) is 0 Å². The second-order valence-electron chi connectivity index (χ2n) is 4.83. The predicted molar refractivity (Wildman–Crippen MR) is 76.8 cm³/mol. The molecular weight excluding hydrogens is 309 g/mol. The Morgan fingerprint density at radius 2 is 2.11 bits per heavy atom. The summed E-state index contributed by atoms with van der Waals surface area (Å²) < 4.78 is 16.3. The molecule has 0 spiro atoms. The molecule has 4 heteroatoms. The lowest BCUT2D eigenvalue weighted by atomic mass is 10.0. The number of benzene rings is 1. The third-order valence-electron chi connectivity index (χ3n) is 2.92. The van der Waals surface area contributed by atoms with Crippen LogP contribution in [0.5, 0.6) is 0 Å². The van der Waals surface area contributed by atoms with E-state index in [0.29, 0.717) is 17.7 Å². The number of hydrogen-bond acceptors (Lipinski definition) is 1. The van der Waals surface area contributed by atoms with Gasteiger partial charge in [-0.2, -0.15) is 0 Å². The fraction of sp³-hybridized carbons (Fsp3) is 0.267. The minimum Gasteiger partial charge on any atom is -0.349 e. The normalized spacial score (nSPS) is 11.0. The maximum Gasteiger partial charge on any atom is 0.166 e. The van der Waals surface area contributed by atoms with Gasteiger partial charge in [-0.3, -0.25) is 4.79 Å². The van der Waals surface area contributed by atoms with Gasteiger partial charge in [-0.1, -0.05) is 29.8 Å². The van der Waals surface area contributed by atoms with E-state index in [1.54, 1.807) is 30.6 Å². The summed E-state index contributed by atoms with van der Waals surface area (Å²) in [6.07, 6.45) is 3.57. The summed E-state index contributed by atoms with van der Waals surface area (Å²) in [5.41, 5.74) is 1.26. The molecule has 1 aromatic carbocycles. The first kappa shape index (κ1) is 14.0. The number of rotatable bonds is 4. The quantitative estimate of drug-likeness (QED) is 0.770. The molecule has 0 aliphatic rings. The van der Waals surface area contributed by atoms with Crippen LogP contribution in [0, 0.1) is 11.7 Å². The number of ketones is 1. The van der Waals surface area contributed by atoms with Gasteiger partial charge in [-0.15, -0.1) is 0 Å². The van der Waals surface area contributed by atoms with Crippen molar-refractivity contribution in [3.8, 4) is 0 Å². The Hall–Kier alpha value is -1.42. The first-order valence-electron chi connectivity index (χ1n) is 6.11. The van der Waals surface area contributed by atoms with Crippen molar-refractivity contribution in [3.63, 3.8) is 0 Å². The molecule has 2 nitrogen and oxygen atoms in total. The summed E-state index contributed by atoms with van der Waals surface area (Å²) in [6.45, 7) is 4.15. The smallest absolute Gasteiger partial charge is 0.166 e. The zero-order chi connectivity index (χ0) is 14.0. The summed E-state index contributed by atoms with van der Waals surface area (Å²) in [7, 11) is 0. The van der Waals surface area contributed by atoms with Gasteiger partial charge >= 0.3 is 0 Å². The Morgan fingerprint density at radius 1 is 1.37 bits per heavy atom. The molecule has 1 heterocycles. The topological polar surface area (TPSA) is 22.0 Å². The minimum absolute atomic E-state index is 0.0292. The van der Waals surface area contributed by atoms with Crippen LogP contribution in [-0.4, -0.2) is 10.4 Å². The monoisotopic (exact) mass is 323 g/mol. The molecule has 0 aliphatic heterocycles. The first-order chi connectivity index (χ1) is 8.97. The van der Waals surface area contributed by atoms with E-state index in [0.717, 1.165) is 4.47 Å². The maximum absolute atomic E-state index is 13.6. The molecule has 0 atom stereocenters. The van der Waals surface area contributed by atoms with E-state index >= 15 is 0 Å². The number of aromatic nitrogens is 1. The molecule has 0 saturated carbocycles. The lowest BCUT2D eigenvalue weighted by Gasteiger charge is -2.05. The summed E-state index contributed by atoms with van der Waals surface area (Å²) in [5, 5.41) is 0. The van der Waals surface area contributed by atoms with Crippen LogP contribution in [-0.2, 0) is 6.54 Å². The van der Waals surface area contributed by atoms with E-state index in [9.17, 15) is 9.18 Å². The van der Waals surface area contributed by atoms with Crippen molar-refractivity contribution in [1.29, 1.82) is 0 Å². The van der Waals surface area contributed by atoms with Crippen LogP contribution in [0.15, 0.2) is 41.1 Å². The molecule has 0 aliphatic carbocycles. The van der Waals surface area contributed by atoms with Crippen molar-refractivity contribution in [3.05, 3.63) is 58.1 Å². The Bertz CT molecular complexity index is 604. The van der Waals surface area contributed by atoms with Crippen molar-refractivity contribution in [2.75, 3.05) is 0 Å².